The number of carbonyl (C=O) groups excluding carboxylic acids is 1. The van der Waals surface area contributed by atoms with Gasteiger partial charge in [-0.15, -0.1) is 0 Å². The van der Waals surface area contributed by atoms with Gasteiger partial charge in [-0.25, -0.2) is 4.79 Å². The van der Waals surface area contributed by atoms with Crippen LogP contribution in [-0.2, 0) is 4.74 Å². The van der Waals surface area contributed by atoms with Crippen LogP contribution >= 0.6 is 15.9 Å². The minimum absolute atomic E-state index is 0.270. The first kappa shape index (κ1) is 8.84. The quantitative estimate of drug-likeness (QED) is 0.580. The molecular formula is C7H12BrNO2. The summed E-state index contributed by atoms with van der Waals surface area (Å²) in [6.45, 7) is 0.504. The van der Waals surface area contributed by atoms with E-state index in [0.717, 1.165) is 24.6 Å². The number of alkyl halides is 1. The van der Waals surface area contributed by atoms with Gasteiger partial charge in [-0.2, -0.15) is 0 Å². The van der Waals surface area contributed by atoms with Crippen molar-refractivity contribution in [1.29, 1.82) is 0 Å². The Labute approximate surface area is 74.6 Å². The Kier molecular flexibility index (Phi) is 3.69. The van der Waals surface area contributed by atoms with Crippen molar-refractivity contribution >= 4 is 22.0 Å². The molecule has 0 aromatic rings. The van der Waals surface area contributed by atoms with Crippen molar-refractivity contribution < 1.29 is 9.53 Å². The van der Waals surface area contributed by atoms with Crippen LogP contribution in [0.5, 0.6) is 0 Å². The number of alkyl carbamates (subject to hydrolysis) is 1. The third-order valence-electron chi connectivity index (χ3n) is 1.41. The SMILES string of the molecule is O=C(NC1CC1)OCCCBr. The second-order valence-corrected chi connectivity index (χ2v) is 3.39. The number of halogens is 1. The molecule has 0 radical (unpaired) electrons. The van der Waals surface area contributed by atoms with E-state index >= 15 is 0 Å². The first-order chi connectivity index (χ1) is 5.33. The van der Waals surface area contributed by atoms with Gasteiger partial charge in [0.15, 0.2) is 0 Å². The molecule has 1 aliphatic rings. The average Bonchev–Trinajstić information content (AvgIpc) is 2.72. The van der Waals surface area contributed by atoms with E-state index in [9.17, 15) is 4.79 Å². The van der Waals surface area contributed by atoms with Crippen molar-refractivity contribution in [3.05, 3.63) is 0 Å². The van der Waals surface area contributed by atoms with Gasteiger partial charge in [0, 0.05) is 11.4 Å². The van der Waals surface area contributed by atoms with Crippen LogP contribution < -0.4 is 5.32 Å². The van der Waals surface area contributed by atoms with Crippen molar-refractivity contribution in [3.8, 4) is 0 Å². The van der Waals surface area contributed by atoms with E-state index in [2.05, 4.69) is 21.2 Å². The molecule has 11 heavy (non-hydrogen) atoms. The van der Waals surface area contributed by atoms with Crippen molar-refractivity contribution in [2.24, 2.45) is 0 Å². The van der Waals surface area contributed by atoms with Crippen LogP contribution in [0.1, 0.15) is 19.3 Å². The van der Waals surface area contributed by atoms with Crippen molar-refractivity contribution in [1.82, 2.24) is 5.32 Å². The van der Waals surface area contributed by atoms with Crippen molar-refractivity contribution in [2.75, 3.05) is 11.9 Å². The largest absolute Gasteiger partial charge is 0.450 e. The number of hydrogen-bond donors (Lipinski definition) is 1. The summed E-state index contributed by atoms with van der Waals surface area (Å²) in [7, 11) is 0. The summed E-state index contributed by atoms with van der Waals surface area (Å²) in [6.07, 6.45) is 2.81. The fourth-order valence-electron chi connectivity index (χ4n) is 0.655. The van der Waals surface area contributed by atoms with Gasteiger partial charge in [0.25, 0.3) is 0 Å². The molecular weight excluding hydrogens is 210 g/mol. The lowest BCUT2D eigenvalue weighted by molar-refractivity contribution is 0.146. The number of amides is 1. The summed E-state index contributed by atoms with van der Waals surface area (Å²) >= 11 is 3.25. The molecule has 0 heterocycles. The standard InChI is InChI=1S/C7H12BrNO2/c8-4-1-5-11-7(10)9-6-2-3-6/h6H,1-5H2,(H,9,10). The zero-order valence-corrected chi connectivity index (χ0v) is 7.89. The van der Waals surface area contributed by atoms with Gasteiger partial charge in [-0.3, -0.25) is 0 Å². The molecule has 0 aliphatic heterocycles. The molecule has 64 valence electrons. The van der Waals surface area contributed by atoms with Gasteiger partial charge in [0.1, 0.15) is 0 Å². The maximum Gasteiger partial charge on any atom is 0.407 e. The normalized spacial score (nSPS) is 16.1. The molecule has 0 saturated heterocycles. The fourth-order valence-corrected chi connectivity index (χ4v) is 0.884. The zero-order valence-electron chi connectivity index (χ0n) is 6.31. The highest BCUT2D eigenvalue weighted by atomic mass is 79.9. The Bertz CT molecular complexity index is 136. The number of nitrogens with one attached hydrogen (secondary N) is 1. The van der Waals surface area contributed by atoms with Gasteiger partial charge in [0.2, 0.25) is 0 Å². The van der Waals surface area contributed by atoms with E-state index < -0.39 is 0 Å². The Hall–Kier alpha value is -0.250. The summed E-state index contributed by atoms with van der Waals surface area (Å²) in [5.74, 6) is 0. The lowest BCUT2D eigenvalue weighted by Gasteiger charge is -2.03. The van der Waals surface area contributed by atoms with Gasteiger partial charge >= 0.3 is 6.09 Å². The van der Waals surface area contributed by atoms with Crippen LogP contribution in [-0.4, -0.2) is 24.1 Å². The highest BCUT2D eigenvalue weighted by molar-refractivity contribution is 9.09. The van der Waals surface area contributed by atoms with Crippen LogP contribution in [0.3, 0.4) is 0 Å². The smallest absolute Gasteiger partial charge is 0.407 e. The van der Waals surface area contributed by atoms with Crippen LogP contribution in [0.25, 0.3) is 0 Å². The van der Waals surface area contributed by atoms with Crippen molar-refractivity contribution in [2.45, 2.75) is 25.3 Å². The van der Waals surface area contributed by atoms with Crippen LogP contribution in [0.2, 0.25) is 0 Å². The molecule has 0 bridgehead atoms. The van der Waals surface area contributed by atoms with E-state index in [4.69, 9.17) is 4.74 Å². The molecule has 0 atom stereocenters. The van der Waals surface area contributed by atoms with E-state index in [0.29, 0.717) is 12.6 Å². The van der Waals surface area contributed by atoms with Gasteiger partial charge in [0.05, 0.1) is 6.61 Å². The van der Waals surface area contributed by atoms with E-state index in [1.807, 2.05) is 0 Å². The molecule has 1 saturated carbocycles. The average molecular weight is 222 g/mol. The summed E-state index contributed by atoms with van der Waals surface area (Å²) in [4.78, 5) is 10.8. The molecule has 0 spiro atoms. The third-order valence-corrected chi connectivity index (χ3v) is 1.97. The van der Waals surface area contributed by atoms with E-state index in [1.165, 1.54) is 0 Å². The maximum atomic E-state index is 10.8. The Morgan fingerprint density at radius 3 is 2.91 bits per heavy atom. The minimum Gasteiger partial charge on any atom is -0.450 e. The molecule has 0 aromatic carbocycles. The predicted molar refractivity (Wildman–Crippen MR) is 45.9 cm³/mol. The second-order valence-electron chi connectivity index (χ2n) is 2.60. The lowest BCUT2D eigenvalue weighted by atomic mass is 10.5. The topological polar surface area (TPSA) is 38.3 Å². The van der Waals surface area contributed by atoms with Crippen LogP contribution in [0, 0.1) is 0 Å². The van der Waals surface area contributed by atoms with Gasteiger partial charge in [-0.05, 0) is 19.3 Å². The highest BCUT2D eigenvalue weighted by Gasteiger charge is 2.23. The Balaban J connectivity index is 1.92. The van der Waals surface area contributed by atoms with Gasteiger partial charge < -0.3 is 10.1 Å². The van der Waals surface area contributed by atoms with E-state index in [1.54, 1.807) is 0 Å². The maximum absolute atomic E-state index is 10.8. The van der Waals surface area contributed by atoms with E-state index in [-0.39, 0.29) is 6.09 Å². The molecule has 3 nitrogen and oxygen atoms in total. The predicted octanol–water partition coefficient (Wildman–Crippen LogP) is 1.66. The monoisotopic (exact) mass is 221 g/mol. The Morgan fingerprint density at radius 2 is 2.36 bits per heavy atom. The molecule has 1 fully saturated rings. The zero-order chi connectivity index (χ0) is 8.10. The third kappa shape index (κ3) is 4.24. The first-order valence-corrected chi connectivity index (χ1v) is 4.94. The summed E-state index contributed by atoms with van der Waals surface area (Å²) in [5, 5.41) is 3.61. The molecule has 1 amide bonds. The fraction of sp³-hybridized carbons (Fsp3) is 0.857. The number of rotatable bonds is 4. The molecule has 1 aliphatic carbocycles. The minimum atomic E-state index is -0.270. The summed E-state index contributed by atoms with van der Waals surface area (Å²) in [6, 6.07) is 0.395. The first-order valence-electron chi connectivity index (χ1n) is 3.82. The van der Waals surface area contributed by atoms with Crippen LogP contribution in [0.4, 0.5) is 4.79 Å². The number of ether oxygens (including phenoxy) is 1. The number of carbonyl (C=O) groups is 1. The van der Waals surface area contributed by atoms with Crippen molar-refractivity contribution in [3.63, 3.8) is 0 Å². The molecule has 1 rings (SSSR count). The highest BCUT2D eigenvalue weighted by Crippen LogP contribution is 2.18. The summed E-state index contributed by atoms with van der Waals surface area (Å²) < 4.78 is 4.85. The molecule has 4 heteroatoms. The number of hydrogen-bond acceptors (Lipinski definition) is 2. The molecule has 1 N–H and O–H groups in total. The molecule has 0 aromatic heterocycles. The Morgan fingerprint density at radius 1 is 1.64 bits per heavy atom. The summed E-state index contributed by atoms with van der Waals surface area (Å²) in [5.41, 5.74) is 0. The van der Waals surface area contributed by atoms with Crippen LogP contribution in [0.15, 0.2) is 0 Å². The van der Waals surface area contributed by atoms with Gasteiger partial charge in [-0.1, -0.05) is 15.9 Å². The lowest BCUT2D eigenvalue weighted by Crippen LogP contribution is -2.26. The molecule has 0 unspecified atom stereocenters. The second kappa shape index (κ2) is 4.59.